The first-order chi connectivity index (χ1) is 10.6. The molecule has 0 aromatic carbocycles. The van der Waals surface area contributed by atoms with Crippen LogP contribution in [0.5, 0.6) is 0 Å². The van der Waals surface area contributed by atoms with Crippen molar-refractivity contribution in [1.82, 2.24) is 24.1 Å². The van der Waals surface area contributed by atoms with E-state index in [0.717, 1.165) is 5.82 Å². The molecule has 0 unspecified atom stereocenters. The van der Waals surface area contributed by atoms with Gasteiger partial charge in [0.05, 0.1) is 6.20 Å². The number of carbonyl (C=O) groups is 2. The molecule has 22 heavy (non-hydrogen) atoms. The van der Waals surface area contributed by atoms with Gasteiger partial charge in [0, 0.05) is 52.5 Å². The molecule has 1 fully saturated rings. The van der Waals surface area contributed by atoms with Gasteiger partial charge in [-0.1, -0.05) is 0 Å². The van der Waals surface area contributed by atoms with Crippen molar-refractivity contribution in [3.63, 3.8) is 0 Å². The molecule has 0 aliphatic carbocycles. The molecule has 2 aromatic rings. The first-order valence-electron chi connectivity index (χ1n) is 7.28. The van der Waals surface area contributed by atoms with E-state index in [1.807, 2.05) is 36.1 Å². The number of carbonyl (C=O) groups excluding carboxylic acids is 2. The van der Waals surface area contributed by atoms with Gasteiger partial charge in [-0.2, -0.15) is 5.10 Å². The molecule has 0 atom stereocenters. The van der Waals surface area contributed by atoms with Gasteiger partial charge in [-0.25, -0.2) is 0 Å². The van der Waals surface area contributed by atoms with E-state index in [-0.39, 0.29) is 11.8 Å². The third kappa shape index (κ3) is 2.49. The zero-order valence-electron chi connectivity index (χ0n) is 12.8. The predicted molar refractivity (Wildman–Crippen MR) is 80.7 cm³/mol. The van der Waals surface area contributed by atoms with Crippen molar-refractivity contribution >= 4 is 11.8 Å². The topological polar surface area (TPSA) is 63.4 Å². The SMILES string of the molecule is CC(=O)N1CCN(C(=O)c2cnn(C)c2-n2cccc2)CC1. The molecule has 3 heterocycles. The number of rotatable bonds is 2. The molecule has 7 heteroatoms. The number of hydrogen-bond donors (Lipinski definition) is 0. The van der Waals surface area contributed by atoms with Gasteiger partial charge in [-0.05, 0) is 12.1 Å². The molecule has 3 rings (SSSR count). The fourth-order valence-corrected chi connectivity index (χ4v) is 2.76. The van der Waals surface area contributed by atoms with Crippen molar-refractivity contribution in [2.75, 3.05) is 26.2 Å². The lowest BCUT2D eigenvalue weighted by Crippen LogP contribution is -2.50. The van der Waals surface area contributed by atoms with Crippen LogP contribution in [0.25, 0.3) is 5.82 Å². The van der Waals surface area contributed by atoms with E-state index in [1.165, 1.54) is 0 Å². The van der Waals surface area contributed by atoms with E-state index >= 15 is 0 Å². The van der Waals surface area contributed by atoms with Crippen LogP contribution in [-0.2, 0) is 11.8 Å². The van der Waals surface area contributed by atoms with Crippen molar-refractivity contribution in [3.05, 3.63) is 36.3 Å². The van der Waals surface area contributed by atoms with E-state index in [0.29, 0.717) is 31.7 Å². The van der Waals surface area contributed by atoms with E-state index in [2.05, 4.69) is 5.10 Å². The first kappa shape index (κ1) is 14.4. The number of aromatic nitrogens is 3. The highest BCUT2D eigenvalue weighted by Crippen LogP contribution is 2.17. The number of amides is 2. The van der Waals surface area contributed by atoms with Gasteiger partial charge < -0.3 is 14.4 Å². The Kier molecular flexibility index (Phi) is 3.70. The van der Waals surface area contributed by atoms with Crippen molar-refractivity contribution in [2.24, 2.45) is 7.05 Å². The van der Waals surface area contributed by atoms with Gasteiger partial charge in [0.15, 0.2) is 0 Å². The molecule has 0 spiro atoms. The second kappa shape index (κ2) is 5.67. The Bertz CT molecular complexity index is 681. The Morgan fingerprint density at radius 3 is 2.23 bits per heavy atom. The van der Waals surface area contributed by atoms with Crippen molar-refractivity contribution in [3.8, 4) is 5.82 Å². The fraction of sp³-hybridized carbons (Fsp3) is 0.400. The van der Waals surface area contributed by atoms with Crippen LogP contribution in [0.2, 0.25) is 0 Å². The van der Waals surface area contributed by atoms with Crippen LogP contribution >= 0.6 is 0 Å². The van der Waals surface area contributed by atoms with Gasteiger partial charge in [0.1, 0.15) is 11.4 Å². The summed E-state index contributed by atoms with van der Waals surface area (Å²) in [6.07, 6.45) is 5.39. The van der Waals surface area contributed by atoms with Gasteiger partial charge >= 0.3 is 0 Å². The summed E-state index contributed by atoms with van der Waals surface area (Å²) in [6.45, 7) is 3.83. The first-order valence-corrected chi connectivity index (χ1v) is 7.28. The minimum atomic E-state index is -0.0417. The maximum absolute atomic E-state index is 12.8. The Hall–Kier alpha value is -2.57. The molecule has 0 bridgehead atoms. The highest BCUT2D eigenvalue weighted by Gasteiger charge is 2.26. The van der Waals surface area contributed by atoms with E-state index in [9.17, 15) is 9.59 Å². The van der Waals surface area contributed by atoms with Crippen molar-refractivity contribution < 1.29 is 9.59 Å². The summed E-state index contributed by atoms with van der Waals surface area (Å²) in [5.41, 5.74) is 0.579. The summed E-state index contributed by atoms with van der Waals surface area (Å²) >= 11 is 0. The summed E-state index contributed by atoms with van der Waals surface area (Å²) < 4.78 is 3.57. The largest absolute Gasteiger partial charge is 0.339 e. The zero-order chi connectivity index (χ0) is 15.7. The molecule has 1 saturated heterocycles. The summed E-state index contributed by atoms with van der Waals surface area (Å²) in [4.78, 5) is 27.7. The zero-order valence-corrected chi connectivity index (χ0v) is 12.8. The summed E-state index contributed by atoms with van der Waals surface area (Å²) in [5.74, 6) is 0.769. The number of aryl methyl sites for hydroxylation is 1. The van der Waals surface area contributed by atoms with Crippen LogP contribution in [0.4, 0.5) is 0 Å². The number of hydrogen-bond acceptors (Lipinski definition) is 3. The van der Waals surface area contributed by atoms with Crippen LogP contribution < -0.4 is 0 Å². The van der Waals surface area contributed by atoms with Gasteiger partial charge in [-0.3, -0.25) is 14.3 Å². The maximum atomic E-state index is 12.8. The molecular weight excluding hydrogens is 282 g/mol. The van der Waals surface area contributed by atoms with Gasteiger partial charge in [0.25, 0.3) is 5.91 Å². The number of piperazine rings is 1. The molecular formula is C15H19N5O2. The molecule has 7 nitrogen and oxygen atoms in total. The third-order valence-electron chi connectivity index (χ3n) is 4.00. The lowest BCUT2D eigenvalue weighted by molar-refractivity contribution is -0.130. The minimum absolute atomic E-state index is 0.0417. The quantitative estimate of drug-likeness (QED) is 0.812. The summed E-state index contributed by atoms with van der Waals surface area (Å²) in [5, 5.41) is 4.22. The standard InChI is InChI=1S/C15H19N5O2/c1-12(21)18-7-9-20(10-8-18)15(22)13-11-16-17(2)14(13)19-5-3-4-6-19/h3-6,11H,7-10H2,1-2H3. The Balaban J connectivity index is 1.81. The van der Waals surface area contributed by atoms with Crippen molar-refractivity contribution in [2.45, 2.75) is 6.92 Å². The second-order valence-electron chi connectivity index (χ2n) is 5.39. The highest BCUT2D eigenvalue weighted by molar-refractivity contribution is 5.97. The van der Waals surface area contributed by atoms with Crippen LogP contribution in [-0.4, -0.2) is 62.1 Å². The Morgan fingerprint density at radius 1 is 1.05 bits per heavy atom. The highest BCUT2D eigenvalue weighted by atomic mass is 16.2. The predicted octanol–water partition coefficient (Wildman–Crippen LogP) is 0.515. The van der Waals surface area contributed by atoms with Crippen LogP contribution in [0.15, 0.2) is 30.7 Å². The van der Waals surface area contributed by atoms with Crippen LogP contribution in [0.3, 0.4) is 0 Å². The van der Waals surface area contributed by atoms with E-state index in [4.69, 9.17) is 0 Å². The van der Waals surface area contributed by atoms with Crippen LogP contribution in [0, 0.1) is 0 Å². The normalized spacial score (nSPS) is 15.2. The molecule has 2 amide bonds. The molecule has 0 saturated carbocycles. The second-order valence-corrected chi connectivity index (χ2v) is 5.39. The lowest BCUT2D eigenvalue weighted by atomic mass is 10.2. The Labute approximate surface area is 128 Å². The van der Waals surface area contributed by atoms with Gasteiger partial charge in [0.2, 0.25) is 5.91 Å². The molecule has 2 aromatic heterocycles. The van der Waals surface area contributed by atoms with Gasteiger partial charge in [-0.15, -0.1) is 0 Å². The third-order valence-corrected chi connectivity index (χ3v) is 4.00. The monoisotopic (exact) mass is 301 g/mol. The van der Waals surface area contributed by atoms with Crippen molar-refractivity contribution in [1.29, 1.82) is 0 Å². The lowest BCUT2D eigenvalue weighted by Gasteiger charge is -2.34. The number of nitrogens with zero attached hydrogens (tertiary/aromatic N) is 5. The molecule has 0 radical (unpaired) electrons. The summed E-state index contributed by atoms with van der Waals surface area (Å²) in [7, 11) is 1.82. The maximum Gasteiger partial charge on any atom is 0.259 e. The fourth-order valence-electron chi connectivity index (χ4n) is 2.76. The average Bonchev–Trinajstić information content (AvgIpc) is 3.15. The van der Waals surface area contributed by atoms with Crippen LogP contribution in [0.1, 0.15) is 17.3 Å². The molecule has 116 valence electrons. The summed E-state index contributed by atoms with van der Waals surface area (Å²) in [6, 6.07) is 3.82. The Morgan fingerprint density at radius 2 is 1.64 bits per heavy atom. The molecule has 0 N–H and O–H groups in total. The molecule has 1 aliphatic heterocycles. The molecule has 1 aliphatic rings. The van der Waals surface area contributed by atoms with E-state index < -0.39 is 0 Å². The van der Waals surface area contributed by atoms with E-state index in [1.54, 1.807) is 27.6 Å². The minimum Gasteiger partial charge on any atom is -0.339 e. The average molecular weight is 301 g/mol. The smallest absolute Gasteiger partial charge is 0.259 e.